The van der Waals surface area contributed by atoms with E-state index in [2.05, 4.69) is 37.2 Å². The van der Waals surface area contributed by atoms with Crippen LogP contribution in [0.4, 0.5) is 0 Å². The monoisotopic (exact) mass is 368 g/mol. The van der Waals surface area contributed by atoms with Crippen LogP contribution in [0.3, 0.4) is 0 Å². The van der Waals surface area contributed by atoms with Crippen LogP contribution >= 0.6 is 0 Å². The molecule has 0 unspecified atom stereocenters. The Balaban J connectivity index is 1.63. The smallest absolute Gasteiger partial charge is 0.237 e. The summed E-state index contributed by atoms with van der Waals surface area (Å²) in [7, 11) is 1.79. The van der Waals surface area contributed by atoms with Gasteiger partial charge in [-0.05, 0) is 25.3 Å². The molecule has 27 heavy (non-hydrogen) atoms. The van der Waals surface area contributed by atoms with Crippen molar-refractivity contribution in [2.75, 3.05) is 33.2 Å². The van der Waals surface area contributed by atoms with E-state index in [1.54, 1.807) is 7.05 Å². The lowest BCUT2D eigenvalue weighted by molar-refractivity contribution is -0.129. The second kappa shape index (κ2) is 7.92. The Morgan fingerprint density at radius 3 is 2.59 bits per heavy atom. The summed E-state index contributed by atoms with van der Waals surface area (Å²) in [6.07, 6.45) is 1.84. The number of hydrogen-bond donors (Lipinski definition) is 2. The van der Waals surface area contributed by atoms with Crippen molar-refractivity contribution >= 4 is 22.6 Å². The molecule has 1 aromatic heterocycles. The highest BCUT2D eigenvalue weighted by atomic mass is 16.1. The number of pyridine rings is 1. The van der Waals surface area contributed by atoms with Crippen LogP contribution in [0.5, 0.6) is 0 Å². The maximum atomic E-state index is 11.7. The van der Waals surface area contributed by atoms with Gasteiger partial charge in [-0.25, -0.2) is 0 Å². The third-order valence-electron chi connectivity index (χ3n) is 5.35. The zero-order chi connectivity index (χ0) is 19.4. The molecule has 0 spiro atoms. The Hall–Kier alpha value is -2.67. The predicted octanol–water partition coefficient (Wildman–Crippen LogP) is 1.19. The zero-order valence-electron chi connectivity index (χ0n) is 16.3. The Bertz CT molecular complexity index is 834. The van der Waals surface area contributed by atoms with E-state index < -0.39 is 5.54 Å². The molecule has 1 aliphatic rings. The number of guanidine groups is 1. The molecule has 144 valence electrons. The van der Waals surface area contributed by atoms with Gasteiger partial charge in [-0.1, -0.05) is 24.3 Å². The van der Waals surface area contributed by atoms with Crippen LogP contribution in [0.1, 0.15) is 19.5 Å². The van der Waals surface area contributed by atoms with Crippen molar-refractivity contribution in [1.82, 2.24) is 20.1 Å². The fourth-order valence-corrected chi connectivity index (χ4v) is 3.45. The first-order valence-corrected chi connectivity index (χ1v) is 9.26. The third-order valence-corrected chi connectivity index (χ3v) is 5.35. The number of hydrogen-bond acceptors (Lipinski definition) is 4. The molecule has 7 heteroatoms. The third kappa shape index (κ3) is 4.03. The average molecular weight is 368 g/mol. The number of fused-ring (bicyclic) bond motifs is 1. The van der Waals surface area contributed by atoms with E-state index in [0.29, 0.717) is 6.54 Å². The summed E-state index contributed by atoms with van der Waals surface area (Å²) in [4.78, 5) is 25.0. The molecule has 2 aromatic rings. The second-order valence-electron chi connectivity index (χ2n) is 7.28. The molecule has 0 atom stereocenters. The number of aliphatic imine (C=N–C) groups is 1. The van der Waals surface area contributed by atoms with E-state index in [-0.39, 0.29) is 5.91 Å². The van der Waals surface area contributed by atoms with E-state index in [4.69, 9.17) is 5.73 Å². The summed E-state index contributed by atoms with van der Waals surface area (Å²) >= 11 is 0. The maximum absolute atomic E-state index is 11.7. The van der Waals surface area contributed by atoms with Crippen LogP contribution in [0.15, 0.2) is 41.5 Å². The molecule has 7 nitrogen and oxygen atoms in total. The molecular weight excluding hydrogens is 340 g/mol. The molecule has 1 fully saturated rings. The van der Waals surface area contributed by atoms with Crippen molar-refractivity contribution in [1.29, 1.82) is 0 Å². The van der Waals surface area contributed by atoms with Crippen LogP contribution in [-0.4, -0.2) is 65.4 Å². The van der Waals surface area contributed by atoms with Gasteiger partial charge in [-0.3, -0.25) is 19.7 Å². The SMILES string of the molecule is CN=C(NCc1nccc2ccccc12)N1CCN(C(C)(C)C(N)=O)CC1. The molecule has 1 saturated heterocycles. The van der Waals surface area contributed by atoms with Gasteiger partial charge in [0.15, 0.2) is 5.96 Å². The topological polar surface area (TPSA) is 86.8 Å². The fraction of sp³-hybridized carbons (Fsp3) is 0.450. The van der Waals surface area contributed by atoms with Gasteiger partial charge in [-0.2, -0.15) is 0 Å². The van der Waals surface area contributed by atoms with Gasteiger partial charge in [0, 0.05) is 44.8 Å². The van der Waals surface area contributed by atoms with E-state index in [9.17, 15) is 4.79 Å². The Morgan fingerprint density at radius 1 is 1.22 bits per heavy atom. The maximum Gasteiger partial charge on any atom is 0.237 e. The lowest BCUT2D eigenvalue weighted by Gasteiger charge is -2.43. The fourth-order valence-electron chi connectivity index (χ4n) is 3.45. The van der Waals surface area contributed by atoms with Crippen molar-refractivity contribution < 1.29 is 4.79 Å². The number of nitrogens with two attached hydrogens (primary N) is 1. The van der Waals surface area contributed by atoms with Gasteiger partial charge in [0.25, 0.3) is 0 Å². The number of rotatable bonds is 4. The standard InChI is InChI=1S/C20H28N6O/c1-20(2,18(21)27)26-12-10-25(11-13-26)19(22-3)24-14-17-16-7-5-4-6-15(16)8-9-23-17/h4-9H,10-14H2,1-3H3,(H2,21,27)(H,22,24). The van der Waals surface area contributed by atoms with E-state index >= 15 is 0 Å². The van der Waals surface area contributed by atoms with Crippen molar-refractivity contribution in [3.63, 3.8) is 0 Å². The highest BCUT2D eigenvalue weighted by Crippen LogP contribution is 2.18. The lowest BCUT2D eigenvalue weighted by Crippen LogP contribution is -2.61. The number of carbonyl (C=O) groups excluding carboxylic acids is 1. The number of amides is 1. The number of aromatic nitrogens is 1. The van der Waals surface area contributed by atoms with Gasteiger partial charge < -0.3 is 16.0 Å². The van der Waals surface area contributed by atoms with Crippen molar-refractivity contribution in [2.24, 2.45) is 10.7 Å². The van der Waals surface area contributed by atoms with Crippen LogP contribution < -0.4 is 11.1 Å². The predicted molar refractivity (Wildman–Crippen MR) is 108 cm³/mol. The minimum atomic E-state index is -0.629. The molecule has 1 aromatic carbocycles. The average Bonchev–Trinajstić information content (AvgIpc) is 2.69. The summed E-state index contributed by atoms with van der Waals surface area (Å²) in [6.45, 7) is 7.49. The van der Waals surface area contributed by atoms with Gasteiger partial charge in [0.2, 0.25) is 5.91 Å². The van der Waals surface area contributed by atoms with E-state index in [0.717, 1.165) is 43.2 Å². The number of nitrogens with zero attached hydrogens (tertiary/aromatic N) is 4. The van der Waals surface area contributed by atoms with Crippen LogP contribution in [0, 0.1) is 0 Å². The normalized spacial score (nSPS) is 16.6. The summed E-state index contributed by atoms with van der Waals surface area (Å²) in [6, 6.07) is 10.3. The minimum Gasteiger partial charge on any atom is -0.368 e. The molecule has 3 rings (SSSR count). The first-order chi connectivity index (χ1) is 12.9. The minimum absolute atomic E-state index is 0.291. The molecule has 1 amide bonds. The van der Waals surface area contributed by atoms with Crippen LogP contribution in [0.2, 0.25) is 0 Å². The van der Waals surface area contributed by atoms with Crippen LogP contribution in [0.25, 0.3) is 10.8 Å². The first-order valence-electron chi connectivity index (χ1n) is 9.26. The lowest BCUT2D eigenvalue weighted by atomic mass is 10.0. The number of nitrogens with one attached hydrogen (secondary N) is 1. The van der Waals surface area contributed by atoms with Gasteiger partial charge in [0.05, 0.1) is 17.8 Å². The Kier molecular flexibility index (Phi) is 5.60. The quantitative estimate of drug-likeness (QED) is 0.625. The highest BCUT2D eigenvalue weighted by Gasteiger charge is 2.35. The molecule has 0 aliphatic carbocycles. The van der Waals surface area contributed by atoms with E-state index in [1.807, 2.05) is 38.2 Å². The molecule has 0 bridgehead atoms. The summed E-state index contributed by atoms with van der Waals surface area (Å²) in [5.41, 5.74) is 5.92. The first kappa shape index (κ1) is 19.1. The largest absolute Gasteiger partial charge is 0.368 e. The summed E-state index contributed by atoms with van der Waals surface area (Å²) in [5.74, 6) is 0.557. The Morgan fingerprint density at radius 2 is 1.93 bits per heavy atom. The molecule has 2 heterocycles. The van der Waals surface area contributed by atoms with E-state index in [1.165, 1.54) is 5.39 Å². The molecule has 1 aliphatic heterocycles. The van der Waals surface area contributed by atoms with Crippen LogP contribution in [-0.2, 0) is 11.3 Å². The molecular formula is C20H28N6O. The molecule has 3 N–H and O–H groups in total. The number of primary amides is 1. The number of carbonyl (C=O) groups is 1. The molecule has 0 radical (unpaired) electrons. The van der Waals surface area contributed by atoms with Gasteiger partial charge >= 0.3 is 0 Å². The van der Waals surface area contributed by atoms with Crippen molar-refractivity contribution in [3.8, 4) is 0 Å². The number of piperazine rings is 1. The highest BCUT2D eigenvalue weighted by molar-refractivity contribution is 5.85. The van der Waals surface area contributed by atoms with Crippen molar-refractivity contribution in [2.45, 2.75) is 25.9 Å². The zero-order valence-corrected chi connectivity index (χ0v) is 16.3. The second-order valence-corrected chi connectivity index (χ2v) is 7.28. The van der Waals surface area contributed by atoms with Crippen molar-refractivity contribution in [3.05, 3.63) is 42.2 Å². The van der Waals surface area contributed by atoms with Gasteiger partial charge in [-0.15, -0.1) is 0 Å². The van der Waals surface area contributed by atoms with Gasteiger partial charge in [0.1, 0.15) is 0 Å². The number of benzene rings is 1. The summed E-state index contributed by atoms with van der Waals surface area (Å²) < 4.78 is 0. The Labute approximate surface area is 160 Å². The summed E-state index contributed by atoms with van der Waals surface area (Å²) in [5, 5.41) is 5.76. The molecule has 0 saturated carbocycles.